The van der Waals surface area contributed by atoms with Gasteiger partial charge in [0.1, 0.15) is 103 Å². The lowest BCUT2D eigenvalue weighted by atomic mass is 9.69. The molecule has 1 aliphatic rings. The van der Waals surface area contributed by atoms with Crippen LogP contribution in [0.2, 0.25) is 0 Å². The average Bonchev–Trinajstić information content (AvgIpc) is 3.44. The van der Waals surface area contributed by atoms with E-state index in [1.165, 1.54) is 37.7 Å². The van der Waals surface area contributed by atoms with Gasteiger partial charge >= 0.3 is 0 Å². The summed E-state index contributed by atoms with van der Waals surface area (Å²) in [4.78, 5) is 0. The molecule has 82 heavy (non-hydrogen) atoms. The number of rotatable bonds is 26. The van der Waals surface area contributed by atoms with Crippen molar-refractivity contribution in [3.8, 4) is 85.5 Å². The lowest BCUT2D eigenvalue weighted by molar-refractivity contribution is 0.00534. The van der Waals surface area contributed by atoms with E-state index in [0.717, 1.165) is 44.5 Å². The second-order valence-corrected chi connectivity index (χ2v) is 20.3. The molecular formula is C70H68O12. The Balaban J connectivity index is 1.04. The van der Waals surface area contributed by atoms with E-state index in [1.54, 1.807) is 84.9 Å². The average molecular weight is 1100 g/mol. The van der Waals surface area contributed by atoms with Crippen LogP contribution in [0, 0.1) is 0 Å². The number of hydrogen-bond donors (Lipinski definition) is 4. The molecule has 0 spiro atoms. The van der Waals surface area contributed by atoms with Crippen LogP contribution in [0.3, 0.4) is 0 Å². The minimum Gasteiger partial charge on any atom is -0.508 e. The molecule has 0 heterocycles. The Labute approximate surface area is 479 Å². The summed E-state index contributed by atoms with van der Waals surface area (Å²) in [5.41, 5.74) is 7.71. The summed E-state index contributed by atoms with van der Waals surface area (Å²) in [6.07, 6.45) is 6.10. The van der Waals surface area contributed by atoms with Crippen LogP contribution < -0.4 is 33.2 Å². The van der Waals surface area contributed by atoms with Crippen molar-refractivity contribution in [2.24, 2.45) is 0 Å². The molecule has 0 saturated heterocycles. The molecule has 0 aromatic heterocycles. The molecule has 0 bridgehead atoms. The largest absolute Gasteiger partial charge is 0.508 e. The fraction of sp³-hybridized carbons (Fsp3) is 0.229. The Hall–Kier alpha value is -9.26. The second-order valence-electron chi connectivity index (χ2n) is 20.3. The molecule has 9 aromatic carbocycles. The number of para-hydroxylation sites is 2. The molecule has 12 heteroatoms. The van der Waals surface area contributed by atoms with E-state index in [9.17, 15) is 20.4 Å². The topological polar surface area (TPSA) is 155 Å². The maximum atomic E-state index is 9.86. The molecule has 0 amide bonds. The van der Waals surface area contributed by atoms with Gasteiger partial charge in [0.2, 0.25) is 0 Å². The summed E-state index contributed by atoms with van der Waals surface area (Å²) in [7, 11) is 0. The number of benzene rings is 9. The van der Waals surface area contributed by atoms with E-state index >= 15 is 0 Å². The summed E-state index contributed by atoms with van der Waals surface area (Å²) < 4.78 is 50.4. The zero-order valence-electron chi connectivity index (χ0n) is 46.0. The number of hydrogen-bond acceptors (Lipinski definition) is 12. The predicted octanol–water partition coefficient (Wildman–Crippen LogP) is 15.2. The molecule has 9 aromatic rings. The molecule has 1 unspecified atom stereocenters. The van der Waals surface area contributed by atoms with Gasteiger partial charge in [-0.3, -0.25) is 0 Å². The molecule has 1 atom stereocenters. The highest BCUT2D eigenvalue weighted by atomic mass is 16.7. The van der Waals surface area contributed by atoms with Gasteiger partial charge in [0.25, 0.3) is 0 Å². The van der Waals surface area contributed by atoms with Crippen molar-refractivity contribution in [2.45, 2.75) is 57.0 Å². The molecule has 10 rings (SSSR count). The van der Waals surface area contributed by atoms with Gasteiger partial charge in [0.05, 0.1) is 6.61 Å². The van der Waals surface area contributed by atoms with E-state index in [-0.39, 0.29) is 76.0 Å². The maximum Gasteiger partial charge on any atom is 0.189 e. The van der Waals surface area contributed by atoms with Crippen LogP contribution >= 0.6 is 0 Å². The number of ether oxygens (including phenoxy) is 8. The number of phenols is 4. The summed E-state index contributed by atoms with van der Waals surface area (Å²) in [5.74, 6) is 5.50. The first-order valence-corrected chi connectivity index (χ1v) is 27.9. The quantitative estimate of drug-likeness (QED) is 0.0232. The van der Waals surface area contributed by atoms with Gasteiger partial charge in [-0.15, -0.1) is 0 Å². The molecule has 4 N–H and O–H groups in total. The lowest BCUT2D eigenvalue weighted by Crippen LogP contribution is -2.26. The van der Waals surface area contributed by atoms with Gasteiger partial charge in [-0.05, 0) is 175 Å². The zero-order valence-corrected chi connectivity index (χ0v) is 46.0. The van der Waals surface area contributed by atoms with Gasteiger partial charge < -0.3 is 58.3 Å². The van der Waals surface area contributed by atoms with Crippen LogP contribution in [-0.4, -0.2) is 66.9 Å². The van der Waals surface area contributed by atoms with Crippen molar-refractivity contribution >= 4 is 0 Å². The summed E-state index contributed by atoms with van der Waals surface area (Å²) in [6.45, 7) is 3.98. The third kappa shape index (κ3) is 14.4. The number of aromatic hydroxyl groups is 4. The summed E-state index contributed by atoms with van der Waals surface area (Å²) in [6, 6.07) is 64.4. The van der Waals surface area contributed by atoms with Crippen LogP contribution in [0.15, 0.2) is 206 Å². The monoisotopic (exact) mass is 1100 g/mol. The highest BCUT2D eigenvalue weighted by Gasteiger charge is 2.34. The fourth-order valence-corrected chi connectivity index (χ4v) is 10.4. The SMILES string of the molecule is CC(c1ccc(C2CCCCC2)cc1)(c1ccc(OCCOc2ccc(O)cc2)c(-c2ccccc2OCCOc2ccc(O)cc2)c1)c1ccc(OCCOc2ccc(O)cc2)c(-c2ccccc2OCOCc2ccc(O)cc2)c1. The van der Waals surface area contributed by atoms with E-state index in [2.05, 4.69) is 55.5 Å². The second kappa shape index (κ2) is 27.3. The van der Waals surface area contributed by atoms with E-state index in [0.29, 0.717) is 46.2 Å². The molecule has 1 saturated carbocycles. The first-order valence-electron chi connectivity index (χ1n) is 27.9. The zero-order chi connectivity index (χ0) is 56.5. The molecule has 12 nitrogen and oxygen atoms in total. The standard InChI is InChI=1S/C70H68O12/c1-70(52-19-17-51(18-20-52)50-9-3-2-4-10-50,53-21-37-68(80-43-40-77-60-33-27-57(73)28-34-60)64(45-53)62-11-5-7-13-66(62)79-42-39-76-59-31-25-56(72)26-32-59)54-22-38-69(81-44-41-78-61-35-29-58(74)30-36-61)65(46-54)63-12-6-8-14-67(63)82-48-75-47-49-15-23-55(71)24-16-49/h5-8,11-38,45-46,50,71-74H,2-4,9-10,39-44,47-48H2,1H3. The van der Waals surface area contributed by atoms with Crippen LogP contribution in [0.25, 0.3) is 22.3 Å². The third-order valence-electron chi connectivity index (χ3n) is 14.9. The molecular weight excluding hydrogens is 1030 g/mol. The van der Waals surface area contributed by atoms with Crippen LogP contribution in [0.4, 0.5) is 0 Å². The summed E-state index contributed by atoms with van der Waals surface area (Å²) in [5, 5.41) is 39.4. The summed E-state index contributed by atoms with van der Waals surface area (Å²) >= 11 is 0. The Morgan fingerprint density at radius 3 is 1.20 bits per heavy atom. The fourth-order valence-electron chi connectivity index (χ4n) is 10.4. The smallest absolute Gasteiger partial charge is 0.189 e. The Morgan fingerprint density at radius 2 is 0.744 bits per heavy atom. The Kier molecular flexibility index (Phi) is 18.6. The van der Waals surface area contributed by atoms with Gasteiger partial charge in [-0.25, -0.2) is 0 Å². The van der Waals surface area contributed by atoms with Crippen LogP contribution in [0.1, 0.15) is 72.8 Å². The molecule has 1 fully saturated rings. The number of phenolic OH excluding ortho intramolecular Hbond substituents is 4. The molecule has 420 valence electrons. The van der Waals surface area contributed by atoms with Gasteiger partial charge in [0.15, 0.2) is 6.79 Å². The van der Waals surface area contributed by atoms with Gasteiger partial charge in [0, 0.05) is 27.7 Å². The van der Waals surface area contributed by atoms with Crippen LogP contribution in [-0.2, 0) is 16.8 Å². The molecule has 1 aliphatic carbocycles. The van der Waals surface area contributed by atoms with Crippen molar-refractivity contribution in [3.63, 3.8) is 0 Å². The predicted molar refractivity (Wildman–Crippen MR) is 317 cm³/mol. The van der Waals surface area contributed by atoms with Crippen molar-refractivity contribution < 1.29 is 58.3 Å². The van der Waals surface area contributed by atoms with E-state index in [4.69, 9.17) is 37.9 Å². The van der Waals surface area contributed by atoms with Gasteiger partial charge in [-0.2, -0.15) is 0 Å². The van der Waals surface area contributed by atoms with Crippen molar-refractivity contribution in [3.05, 3.63) is 234 Å². The van der Waals surface area contributed by atoms with Crippen molar-refractivity contribution in [2.75, 3.05) is 46.4 Å². The first-order chi connectivity index (χ1) is 40.2. The lowest BCUT2D eigenvalue weighted by Gasteiger charge is -2.34. The van der Waals surface area contributed by atoms with Gasteiger partial charge in [-0.1, -0.05) is 104 Å². The molecule has 0 radical (unpaired) electrons. The van der Waals surface area contributed by atoms with E-state index < -0.39 is 5.41 Å². The minimum atomic E-state index is -0.799. The highest BCUT2D eigenvalue weighted by molar-refractivity contribution is 5.79. The Morgan fingerprint density at radius 1 is 0.366 bits per heavy atom. The van der Waals surface area contributed by atoms with Crippen molar-refractivity contribution in [1.29, 1.82) is 0 Å². The normalized spacial score (nSPS) is 13.1. The first kappa shape index (κ1) is 56.0. The third-order valence-corrected chi connectivity index (χ3v) is 14.9. The Bertz CT molecular complexity index is 3250. The van der Waals surface area contributed by atoms with Crippen LogP contribution in [0.5, 0.6) is 63.2 Å². The molecule has 0 aliphatic heterocycles. The van der Waals surface area contributed by atoms with E-state index in [1.807, 2.05) is 72.8 Å². The minimum absolute atomic E-state index is 0.0317. The highest BCUT2D eigenvalue weighted by Crippen LogP contribution is 2.48. The van der Waals surface area contributed by atoms with Crippen molar-refractivity contribution in [1.82, 2.24) is 0 Å². The maximum absolute atomic E-state index is 9.86.